The Bertz CT molecular complexity index is 1020. The van der Waals surface area contributed by atoms with Gasteiger partial charge in [0.05, 0.1) is 25.2 Å². The van der Waals surface area contributed by atoms with Crippen molar-refractivity contribution in [1.82, 2.24) is 5.32 Å². The number of unbranched alkanes of at least 4 members (excludes halogenated alkanes) is 25. The minimum atomic E-state index is -0.791. The number of hydrogen-bond acceptors (Lipinski definition) is 5. The lowest BCUT2D eigenvalue weighted by Crippen LogP contribution is -2.46. The van der Waals surface area contributed by atoms with Crippen LogP contribution in [0, 0.1) is 0 Å². The van der Waals surface area contributed by atoms with E-state index in [1.807, 2.05) is 0 Å². The number of hydrogen-bond donors (Lipinski definition) is 3. The van der Waals surface area contributed by atoms with Gasteiger partial charge in [0.25, 0.3) is 0 Å². The Balaban J connectivity index is 4.45. The molecule has 0 fully saturated rings. The van der Waals surface area contributed by atoms with Gasteiger partial charge in [-0.25, -0.2) is 0 Å². The molecule has 0 bridgehead atoms. The summed E-state index contributed by atoms with van der Waals surface area (Å²) in [5.74, 6) is -0.508. The van der Waals surface area contributed by atoms with Gasteiger partial charge in [0.1, 0.15) is 6.10 Å². The van der Waals surface area contributed by atoms with E-state index < -0.39 is 18.2 Å². The molecule has 0 aliphatic carbocycles. The molecule has 0 rings (SSSR count). The Kier molecular flexibility index (Phi) is 45.1. The van der Waals surface area contributed by atoms with Crippen molar-refractivity contribution >= 4 is 11.9 Å². The molecule has 0 saturated carbocycles. The number of aliphatic hydroxyl groups is 2. The normalized spacial score (nSPS) is 13.6. The summed E-state index contributed by atoms with van der Waals surface area (Å²) in [4.78, 5) is 26.0. The summed E-state index contributed by atoms with van der Waals surface area (Å²) >= 11 is 0. The third-order valence-corrected chi connectivity index (χ3v) is 11.4. The zero-order chi connectivity index (χ0) is 43.1. The molecule has 0 aromatic heterocycles. The number of aliphatic hydroxyl groups excluding tert-OH is 2. The fraction of sp³-hybridized carbons (Fsp3) is 0.811. The minimum Gasteiger partial charge on any atom is -0.462 e. The molecular formula is C53H97NO5. The van der Waals surface area contributed by atoms with Crippen LogP contribution in [0.1, 0.15) is 252 Å². The van der Waals surface area contributed by atoms with Crippen LogP contribution in [0.15, 0.2) is 48.6 Å². The molecule has 3 N–H and O–H groups in total. The second-order valence-corrected chi connectivity index (χ2v) is 17.2. The van der Waals surface area contributed by atoms with Gasteiger partial charge in [-0.1, -0.05) is 223 Å². The van der Waals surface area contributed by atoms with Gasteiger partial charge in [-0.2, -0.15) is 0 Å². The maximum atomic E-state index is 13.1. The number of nitrogens with one attached hydrogen (secondary N) is 1. The topological polar surface area (TPSA) is 95.9 Å². The van der Waals surface area contributed by atoms with Crippen LogP contribution >= 0.6 is 0 Å². The van der Waals surface area contributed by atoms with E-state index in [-0.39, 0.29) is 24.9 Å². The van der Waals surface area contributed by atoms with E-state index in [4.69, 9.17) is 4.74 Å². The molecule has 6 heteroatoms. The number of ether oxygens (including phenoxy) is 1. The smallest absolute Gasteiger partial charge is 0.306 e. The van der Waals surface area contributed by atoms with Crippen molar-refractivity contribution in [1.29, 1.82) is 0 Å². The molecule has 0 aliphatic heterocycles. The fourth-order valence-electron chi connectivity index (χ4n) is 7.60. The SMILES string of the molecule is CC/C=C/C/C=C/C/C=C/C/C=C/CCCCCC(=O)OC(CCCCCCCCCC)CC(=O)NC(CO)C(O)CCCCCCCCCCCCCCCCCC. The van der Waals surface area contributed by atoms with Crippen LogP contribution in [0.25, 0.3) is 0 Å². The molecule has 3 atom stereocenters. The number of esters is 1. The van der Waals surface area contributed by atoms with Crippen LogP contribution < -0.4 is 5.32 Å². The van der Waals surface area contributed by atoms with Crippen LogP contribution in [-0.4, -0.2) is 46.9 Å². The highest BCUT2D eigenvalue weighted by Gasteiger charge is 2.24. The maximum Gasteiger partial charge on any atom is 0.306 e. The first-order valence-corrected chi connectivity index (χ1v) is 25.4. The van der Waals surface area contributed by atoms with E-state index in [1.165, 1.54) is 116 Å². The Hall–Kier alpha value is -2.18. The van der Waals surface area contributed by atoms with Crippen LogP contribution in [0.4, 0.5) is 0 Å². The lowest BCUT2D eigenvalue weighted by molar-refractivity contribution is -0.151. The summed E-state index contributed by atoms with van der Waals surface area (Å²) in [7, 11) is 0. The maximum absolute atomic E-state index is 13.1. The second kappa shape index (κ2) is 46.9. The zero-order valence-corrected chi connectivity index (χ0v) is 39.1. The van der Waals surface area contributed by atoms with Gasteiger partial charge in [0.15, 0.2) is 0 Å². The number of amides is 1. The lowest BCUT2D eigenvalue weighted by atomic mass is 10.0. The van der Waals surface area contributed by atoms with E-state index in [9.17, 15) is 19.8 Å². The molecule has 0 aliphatic rings. The number of rotatable bonds is 45. The zero-order valence-electron chi connectivity index (χ0n) is 39.1. The molecule has 0 aromatic carbocycles. The summed E-state index contributed by atoms with van der Waals surface area (Å²) in [5, 5.41) is 23.7. The van der Waals surface area contributed by atoms with Gasteiger partial charge < -0.3 is 20.3 Å². The fourth-order valence-corrected chi connectivity index (χ4v) is 7.60. The van der Waals surface area contributed by atoms with Gasteiger partial charge in [0, 0.05) is 6.42 Å². The second-order valence-electron chi connectivity index (χ2n) is 17.2. The third-order valence-electron chi connectivity index (χ3n) is 11.4. The molecule has 0 saturated heterocycles. The molecule has 0 spiro atoms. The molecule has 0 radical (unpaired) electrons. The van der Waals surface area contributed by atoms with E-state index in [2.05, 4.69) is 74.7 Å². The highest BCUT2D eigenvalue weighted by molar-refractivity contribution is 5.77. The number of allylic oxidation sites excluding steroid dienone is 8. The highest BCUT2D eigenvalue weighted by atomic mass is 16.5. The van der Waals surface area contributed by atoms with Crippen LogP contribution in [0.2, 0.25) is 0 Å². The van der Waals surface area contributed by atoms with Crippen molar-refractivity contribution < 1.29 is 24.5 Å². The average molecular weight is 828 g/mol. The Morgan fingerprint density at radius 3 is 1.37 bits per heavy atom. The molecule has 0 aromatic rings. The molecule has 6 nitrogen and oxygen atoms in total. The number of carbonyl (C=O) groups excluding carboxylic acids is 2. The summed E-state index contributed by atoms with van der Waals surface area (Å²) in [6.45, 7) is 6.35. The average Bonchev–Trinajstić information content (AvgIpc) is 3.23. The van der Waals surface area contributed by atoms with Gasteiger partial charge >= 0.3 is 5.97 Å². The summed E-state index contributed by atoms with van der Waals surface area (Å²) < 4.78 is 5.89. The summed E-state index contributed by atoms with van der Waals surface area (Å²) in [6, 6.07) is -0.705. The Morgan fingerprint density at radius 2 is 0.915 bits per heavy atom. The van der Waals surface area contributed by atoms with E-state index in [0.29, 0.717) is 19.3 Å². The van der Waals surface area contributed by atoms with Gasteiger partial charge in [-0.3, -0.25) is 9.59 Å². The summed E-state index contributed by atoms with van der Waals surface area (Å²) in [6.07, 6.45) is 56.1. The predicted octanol–water partition coefficient (Wildman–Crippen LogP) is 15.1. The first kappa shape index (κ1) is 56.8. The molecule has 0 heterocycles. The lowest BCUT2D eigenvalue weighted by Gasteiger charge is -2.24. The van der Waals surface area contributed by atoms with Crippen molar-refractivity contribution in [3.05, 3.63) is 48.6 Å². The number of carbonyl (C=O) groups is 2. The van der Waals surface area contributed by atoms with E-state index in [0.717, 1.165) is 89.9 Å². The monoisotopic (exact) mass is 828 g/mol. The largest absolute Gasteiger partial charge is 0.462 e. The molecule has 344 valence electrons. The molecule has 59 heavy (non-hydrogen) atoms. The van der Waals surface area contributed by atoms with Crippen molar-refractivity contribution in [2.45, 2.75) is 270 Å². The van der Waals surface area contributed by atoms with Crippen LogP contribution in [0.3, 0.4) is 0 Å². The van der Waals surface area contributed by atoms with E-state index >= 15 is 0 Å². The van der Waals surface area contributed by atoms with Crippen molar-refractivity contribution in [3.63, 3.8) is 0 Å². The van der Waals surface area contributed by atoms with Crippen LogP contribution in [-0.2, 0) is 14.3 Å². The van der Waals surface area contributed by atoms with Crippen molar-refractivity contribution in [2.75, 3.05) is 6.61 Å². The standard InChI is InChI=1S/C53H97NO5/c1-4-7-10-13-16-19-21-23-25-27-29-31-33-36-39-42-45-51(56)50(48-55)54-52(57)47-49(44-41-38-35-18-15-12-9-6-3)59-53(58)46-43-40-37-34-32-30-28-26-24-22-20-17-14-11-8-5-2/h8,11,17,20,24,26,30,32,49-51,55-56H,4-7,9-10,12-16,18-19,21-23,25,27-29,31,33-48H2,1-3H3,(H,54,57)/b11-8+,20-17+,26-24+,32-30+. The Morgan fingerprint density at radius 1 is 0.508 bits per heavy atom. The predicted molar refractivity (Wildman–Crippen MR) is 255 cm³/mol. The molecule has 1 amide bonds. The van der Waals surface area contributed by atoms with Gasteiger partial charge in [-0.15, -0.1) is 0 Å². The third kappa shape index (κ3) is 42.3. The van der Waals surface area contributed by atoms with Crippen molar-refractivity contribution in [2.24, 2.45) is 0 Å². The highest BCUT2D eigenvalue weighted by Crippen LogP contribution is 2.18. The minimum absolute atomic E-state index is 0.0658. The Labute approximate surface area is 366 Å². The van der Waals surface area contributed by atoms with Gasteiger partial charge in [0.2, 0.25) is 5.91 Å². The van der Waals surface area contributed by atoms with Gasteiger partial charge in [-0.05, 0) is 64.2 Å². The first-order chi connectivity index (χ1) is 29.0. The van der Waals surface area contributed by atoms with Crippen LogP contribution in [0.5, 0.6) is 0 Å². The quantitative estimate of drug-likeness (QED) is 0.0323. The molecule has 3 unspecified atom stereocenters. The van der Waals surface area contributed by atoms with Crippen molar-refractivity contribution in [3.8, 4) is 0 Å². The first-order valence-electron chi connectivity index (χ1n) is 25.4. The summed E-state index contributed by atoms with van der Waals surface area (Å²) in [5.41, 5.74) is 0. The van der Waals surface area contributed by atoms with E-state index in [1.54, 1.807) is 0 Å². The molecular weight excluding hydrogens is 731 g/mol.